The molecule has 5 nitrogen and oxygen atoms in total. The number of aromatic nitrogens is 1. The molecule has 0 bridgehead atoms. The number of benzene rings is 1. The lowest BCUT2D eigenvalue weighted by molar-refractivity contribution is -0.125. The fourth-order valence-electron chi connectivity index (χ4n) is 1.77. The highest BCUT2D eigenvalue weighted by molar-refractivity contribution is 6.00. The van der Waals surface area contributed by atoms with Gasteiger partial charge in [-0.15, -0.1) is 0 Å². The van der Waals surface area contributed by atoms with Gasteiger partial charge in [0.2, 0.25) is 5.91 Å². The predicted octanol–water partition coefficient (Wildman–Crippen LogP) is 1.74. The van der Waals surface area contributed by atoms with Crippen LogP contribution in [0.4, 0.5) is 11.4 Å². The van der Waals surface area contributed by atoms with Gasteiger partial charge in [0.1, 0.15) is 0 Å². The van der Waals surface area contributed by atoms with E-state index >= 15 is 0 Å². The molecule has 0 spiro atoms. The largest absolute Gasteiger partial charge is 0.398 e. The number of primary amides is 1. The van der Waals surface area contributed by atoms with Gasteiger partial charge in [-0.1, -0.05) is 0 Å². The van der Waals surface area contributed by atoms with Crippen LogP contribution in [0.5, 0.6) is 0 Å². The molecule has 1 amide bonds. The standard InChI is InChI=1S/C14H18N4O/c1-14(2,13(16)19)8-18-12-4-3-11(15)9-5-6-17-7-10(9)12/h3-7,18H,8,15H2,1-2H3,(H2,16,19). The van der Waals surface area contributed by atoms with Gasteiger partial charge < -0.3 is 16.8 Å². The van der Waals surface area contributed by atoms with Crippen LogP contribution in [-0.4, -0.2) is 17.4 Å². The van der Waals surface area contributed by atoms with E-state index in [1.54, 1.807) is 26.2 Å². The number of hydrogen-bond acceptors (Lipinski definition) is 4. The molecule has 0 unspecified atom stereocenters. The third-order valence-electron chi connectivity index (χ3n) is 3.24. The van der Waals surface area contributed by atoms with Crippen LogP contribution in [0.1, 0.15) is 13.8 Å². The Bertz CT molecular complexity index is 622. The summed E-state index contributed by atoms with van der Waals surface area (Å²) in [4.78, 5) is 15.4. The smallest absolute Gasteiger partial charge is 0.224 e. The Hall–Kier alpha value is -2.30. The maximum Gasteiger partial charge on any atom is 0.224 e. The van der Waals surface area contributed by atoms with Crippen molar-refractivity contribution in [3.8, 4) is 0 Å². The third kappa shape index (κ3) is 2.59. The summed E-state index contributed by atoms with van der Waals surface area (Å²) in [5, 5.41) is 5.11. The van der Waals surface area contributed by atoms with Gasteiger partial charge in [-0.2, -0.15) is 0 Å². The zero-order valence-corrected chi connectivity index (χ0v) is 11.1. The molecule has 0 aliphatic rings. The van der Waals surface area contributed by atoms with E-state index in [0.29, 0.717) is 12.2 Å². The van der Waals surface area contributed by atoms with Crippen LogP contribution in [0.15, 0.2) is 30.6 Å². The zero-order valence-electron chi connectivity index (χ0n) is 11.1. The quantitative estimate of drug-likeness (QED) is 0.728. The van der Waals surface area contributed by atoms with E-state index in [9.17, 15) is 4.79 Å². The van der Waals surface area contributed by atoms with E-state index in [2.05, 4.69) is 10.3 Å². The highest BCUT2D eigenvalue weighted by Crippen LogP contribution is 2.28. The molecule has 1 heterocycles. The maximum absolute atomic E-state index is 11.3. The summed E-state index contributed by atoms with van der Waals surface area (Å²) in [5.74, 6) is -0.335. The van der Waals surface area contributed by atoms with Crippen LogP contribution in [0.3, 0.4) is 0 Å². The van der Waals surface area contributed by atoms with Gasteiger partial charge in [-0.3, -0.25) is 9.78 Å². The molecule has 0 fully saturated rings. The lowest BCUT2D eigenvalue weighted by Gasteiger charge is -2.22. The number of anilines is 2. The lowest BCUT2D eigenvalue weighted by atomic mass is 9.92. The molecule has 1 aromatic heterocycles. The van der Waals surface area contributed by atoms with E-state index < -0.39 is 5.41 Å². The fraction of sp³-hybridized carbons (Fsp3) is 0.286. The minimum atomic E-state index is -0.615. The van der Waals surface area contributed by atoms with Crippen molar-refractivity contribution in [3.63, 3.8) is 0 Å². The van der Waals surface area contributed by atoms with Crippen molar-refractivity contribution in [3.05, 3.63) is 30.6 Å². The molecule has 2 aromatic rings. The summed E-state index contributed by atoms with van der Waals surface area (Å²) in [7, 11) is 0. The third-order valence-corrected chi connectivity index (χ3v) is 3.24. The first kappa shape index (κ1) is 13.1. The van der Waals surface area contributed by atoms with E-state index in [1.165, 1.54) is 0 Å². The van der Waals surface area contributed by atoms with Crippen molar-refractivity contribution in [1.29, 1.82) is 0 Å². The van der Waals surface area contributed by atoms with Crippen LogP contribution >= 0.6 is 0 Å². The first-order valence-electron chi connectivity index (χ1n) is 6.08. The fourth-order valence-corrected chi connectivity index (χ4v) is 1.77. The number of nitrogens with one attached hydrogen (secondary N) is 1. The summed E-state index contributed by atoms with van der Waals surface area (Å²) in [6.45, 7) is 4.07. The van der Waals surface area contributed by atoms with Gasteiger partial charge >= 0.3 is 0 Å². The molecule has 5 heteroatoms. The Morgan fingerprint density at radius 3 is 2.74 bits per heavy atom. The first-order chi connectivity index (χ1) is 8.92. The van der Waals surface area contributed by atoms with Crippen LogP contribution in [0, 0.1) is 5.41 Å². The molecule has 0 radical (unpaired) electrons. The van der Waals surface area contributed by atoms with Crippen molar-refractivity contribution in [1.82, 2.24) is 4.98 Å². The Morgan fingerprint density at radius 1 is 1.32 bits per heavy atom. The van der Waals surface area contributed by atoms with Gasteiger partial charge in [-0.05, 0) is 32.0 Å². The van der Waals surface area contributed by atoms with Crippen molar-refractivity contribution >= 4 is 28.1 Å². The minimum absolute atomic E-state index is 0.335. The molecule has 1 aromatic carbocycles. The maximum atomic E-state index is 11.3. The van der Waals surface area contributed by atoms with Gasteiger partial charge in [0.15, 0.2) is 0 Å². The summed E-state index contributed by atoms with van der Waals surface area (Å²) in [6.07, 6.45) is 3.46. The van der Waals surface area contributed by atoms with Crippen molar-refractivity contribution in [2.24, 2.45) is 11.1 Å². The lowest BCUT2D eigenvalue weighted by Crippen LogP contribution is -2.37. The Labute approximate surface area is 112 Å². The summed E-state index contributed by atoms with van der Waals surface area (Å²) in [5.41, 5.74) is 12.3. The number of carbonyl (C=O) groups is 1. The second-order valence-electron chi connectivity index (χ2n) is 5.23. The molecule has 19 heavy (non-hydrogen) atoms. The van der Waals surface area contributed by atoms with Gasteiger partial charge in [0.25, 0.3) is 0 Å². The molecular weight excluding hydrogens is 240 g/mol. The van der Waals surface area contributed by atoms with E-state index in [-0.39, 0.29) is 5.91 Å². The number of rotatable bonds is 4. The SMILES string of the molecule is CC(C)(CNc1ccc(N)c2ccncc12)C(N)=O. The normalized spacial score (nSPS) is 11.5. The average Bonchev–Trinajstić information content (AvgIpc) is 2.38. The molecule has 0 saturated heterocycles. The molecule has 100 valence electrons. The highest BCUT2D eigenvalue weighted by atomic mass is 16.1. The topological polar surface area (TPSA) is 94.0 Å². The molecular formula is C14H18N4O. The highest BCUT2D eigenvalue weighted by Gasteiger charge is 2.24. The molecule has 0 aliphatic heterocycles. The number of pyridine rings is 1. The number of carbonyl (C=O) groups excluding carboxylic acids is 1. The molecule has 2 rings (SSSR count). The zero-order chi connectivity index (χ0) is 14.0. The van der Waals surface area contributed by atoms with E-state index in [1.807, 2.05) is 18.2 Å². The molecule has 0 aliphatic carbocycles. The monoisotopic (exact) mass is 258 g/mol. The predicted molar refractivity (Wildman–Crippen MR) is 77.6 cm³/mol. The Kier molecular flexibility index (Phi) is 3.29. The second-order valence-corrected chi connectivity index (χ2v) is 5.23. The van der Waals surface area contributed by atoms with Crippen LogP contribution < -0.4 is 16.8 Å². The van der Waals surface area contributed by atoms with Crippen LogP contribution in [-0.2, 0) is 4.79 Å². The van der Waals surface area contributed by atoms with Gasteiger partial charge in [-0.25, -0.2) is 0 Å². The average molecular weight is 258 g/mol. The number of nitrogen functional groups attached to an aromatic ring is 1. The van der Waals surface area contributed by atoms with Crippen molar-refractivity contribution in [2.75, 3.05) is 17.6 Å². The van der Waals surface area contributed by atoms with Gasteiger partial charge in [0, 0.05) is 41.1 Å². The van der Waals surface area contributed by atoms with Crippen molar-refractivity contribution in [2.45, 2.75) is 13.8 Å². The number of nitrogens with two attached hydrogens (primary N) is 2. The Morgan fingerprint density at radius 2 is 2.05 bits per heavy atom. The summed E-state index contributed by atoms with van der Waals surface area (Å²) >= 11 is 0. The minimum Gasteiger partial charge on any atom is -0.398 e. The number of amides is 1. The van der Waals surface area contributed by atoms with Gasteiger partial charge in [0.05, 0.1) is 5.41 Å². The first-order valence-corrected chi connectivity index (χ1v) is 6.08. The second kappa shape index (κ2) is 4.76. The summed E-state index contributed by atoms with van der Waals surface area (Å²) in [6, 6.07) is 5.59. The van der Waals surface area contributed by atoms with E-state index in [4.69, 9.17) is 11.5 Å². The molecule has 0 atom stereocenters. The number of nitrogens with zero attached hydrogens (tertiary/aromatic N) is 1. The van der Waals surface area contributed by atoms with Crippen LogP contribution in [0.2, 0.25) is 0 Å². The molecule has 0 saturated carbocycles. The summed E-state index contributed by atoms with van der Waals surface area (Å²) < 4.78 is 0. The van der Waals surface area contributed by atoms with E-state index in [0.717, 1.165) is 16.5 Å². The van der Waals surface area contributed by atoms with Crippen LogP contribution in [0.25, 0.3) is 10.8 Å². The number of hydrogen-bond donors (Lipinski definition) is 3. The Balaban J connectivity index is 2.32. The number of fused-ring (bicyclic) bond motifs is 1. The molecule has 5 N–H and O–H groups in total. The van der Waals surface area contributed by atoms with Crippen molar-refractivity contribution < 1.29 is 4.79 Å².